The maximum atomic E-state index is 10.1. The lowest BCUT2D eigenvalue weighted by atomic mass is 9.93. The highest BCUT2D eigenvalue weighted by molar-refractivity contribution is 6.31. The third-order valence-corrected chi connectivity index (χ3v) is 5.61. The standard InChI is InChI=1S/C22H28ClNO3/c1-3-15-8-14(4-7-21(15)24-2)9-17-10-16(5-6-20(17)23)22-12-18(26)11-19(13-25)27-22/h4-8,10,18-19,22,24-26H,3,9,11-13H2,1-2H3. The van der Waals surface area contributed by atoms with E-state index in [0.717, 1.165) is 34.7 Å². The Morgan fingerprint density at radius 2 is 1.96 bits per heavy atom. The van der Waals surface area contributed by atoms with Gasteiger partial charge in [0.25, 0.3) is 0 Å². The second-order valence-electron chi connectivity index (χ2n) is 7.18. The van der Waals surface area contributed by atoms with E-state index in [1.165, 1.54) is 11.1 Å². The number of ether oxygens (including phenoxy) is 1. The molecule has 1 aliphatic rings. The second-order valence-corrected chi connectivity index (χ2v) is 7.58. The fraction of sp³-hybridized carbons (Fsp3) is 0.455. The number of aryl methyl sites for hydroxylation is 1. The molecule has 3 unspecified atom stereocenters. The summed E-state index contributed by atoms with van der Waals surface area (Å²) in [4.78, 5) is 0. The molecule has 0 spiro atoms. The highest BCUT2D eigenvalue weighted by atomic mass is 35.5. The molecule has 3 atom stereocenters. The predicted octanol–water partition coefficient (Wildman–Crippen LogP) is 4.11. The minimum Gasteiger partial charge on any atom is -0.394 e. The number of hydrogen-bond acceptors (Lipinski definition) is 4. The molecule has 0 bridgehead atoms. The predicted molar refractivity (Wildman–Crippen MR) is 110 cm³/mol. The highest BCUT2D eigenvalue weighted by Crippen LogP contribution is 2.34. The van der Waals surface area contributed by atoms with Crippen LogP contribution in [0.1, 0.15) is 48.1 Å². The number of nitrogens with one attached hydrogen (secondary N) is 1. The van der Waals surface area contributed by atoms with Crippen molar-refractivity contribution in [3.05, 3.63) is 63.7 Å². The summed E-state index contributed by atoms with van der Waals surface area (Å²) in [6.45, 7) is 2.07. The molecule has 0 aliphatic carbocycles. The Labute approximate surface area is 166 Å². The first-order valence-corrected chi connectivity index (χ1v) is 9.94. The first kappa shape index (κ1) is 20.2. The van der Waals surface area contributed by atoms with Crippen LogP contribution < -0.4 is 5.32 Å². The molecule has 2 aromatic rings. The van der Waals surface area contributed by atoms with Gasteiger partial charge in [0, 0.05) is 30.6 Å². The molecule has 5 heteroatoms. The van der Waals surface area contributed by atoms with Crippen molar-refractivity contribution in [2.24, 2.45) is 0 Å². The molecule has 2 aromatic carbocycles. The number of anilines is 1. The van der Waals surface area contributed by atoms with Crippen molar-refractivity contribution < 1.29 is 14.9 Å². The largest absolute Gasteiger partial charge is 0.394 e. The van der Waals surface area contributed by atoms with Crippen molar-refractivity contribution in [1.29, 1.82) is 0 Å². The first-order chi connectivity index (χ1) is 13.0. The summed E-state index contributed by atoms with van der Waals surface area (Å²) in [5, 5.41) is 23.4. The van der Waals surface area contributed by atoms with Crippen LogP contribution in [0.4, 0.5) is 5.69 Å². The molecule has 1 saturated heterocycles. The molecule has 1 fully saturated rings. The van der Waals surface area contributed by atoms with Crippen LogP contribution >= 0.6 is 11.6 Å². The molecular weight excluding hydrogens is 362 g/mol. The van der Waals surface area contributed by atoms with E-state index >= 15 is 0 Å². The van der Waals surface area contributed by atoms with Gasteiger partial charge in [-0.15, -0.1) is 0 Å². The molecule has 0 aromatic heterocycles. The monoisotopic (exact) mass is 389 g/mol. The van der Waals surface area contributed by atoms with Crippen LogP contribution in [0.2, 0.25) is 5.02 Å². The lowest BCUT2D eigenvalue weighted by Gasteiger charge is -2.32. The van der Waals surface area contributed by atoms with Crippen LogP contribution in [-0.2, 0) is 17.6 Å². The third-order valence-electron chi connectivity index (χ3n) is 5.24. The molecule has 1 heterocycles. The topological polar surface area (TPSA) is 61.7 Å². The molecule has 4 nitrogen and oxygen atoms in total. The van der Waals surface area contributed by atoms with Gasteiger partial charge in [-0.1, -0.05) is 42.8 Å². The number of aliphatic hydroxyl groups is 2. The van der Waals surface area contributed by atoms with Crippen LogP contribution in [-0.4, -0.2) is 36.1 Å². The van der Waals surface area contributed by atoms with E-state index in [1.54, 1.807) is 0 Å². The normalized spacial score (nSPS) is 22.6. The zero-order valence-corrected chi connectivity index (χ0v) is 16.7. The Hall–Kier alpha value is -1.59. The van der Waals surface area contributed by atoms with Crippen molar-refractivity contribution in [1.82, 2.24) is 0 Å². The fourth-order valence-electron chi connectivity index (χ4n) is 3.77. The van der Waals surface area contributed by atoms with Gasteiger partial charge >= 0.3 is 0 Å². The average molecular weight is 390 g/mol. The Kier molecular flexibility index (Phi) is 6.77. The van der Waals surface area contributed by atoms with E-state index in [1.807, 2.05) is 19.2 Å². The van der Waals surface area contributed by atoms with E-state index in [9.17, 15) is 10.2 Å². The highest BCUT2D eigenvalue weighted by Gasteiger charge is 2.29. The van der Waals surface area contributed by atoms with E-state index in [0.29, 0.717) is 12.8 Å². The zero-order chi connectivity index (χ0) is 19.4. The minimum absolute atomic E-state index is 0.0778. The second kappa shape index (κ2) is 9.07. The number of benzene rings is 2. The molecule has 0 saturated carbocycles. The van der Waals surface area contributed by atoms with Crippen LogP contribution in [0.15, 0.2) is 36.4 Å². The van der Waals surface area contributed by atoms with E-state index in [4.69, 9.17) is 16.3 Å². The van der Waals surface area contributed by atoms with Gasteiger partial charge in [-0.25, -0.2) is 0 Å². The van der Waals surface area contributed by atoms with Gasteiger partial charge in [-0.3, -0.25) is 0 Å². The van der Waals surface area contributed by atoms with Gasteiger partial charge in [0.2, 0.25) is 0 Å². The molecule has 1 aliphatic heterocycles. The van der Waals surface area contributed by atoms with Crippen molar-refractivity contribution in [3.63, 3.8) is 0 Å². The summed E-state index contributed by atoms with van der Waals surface area (Å²) in [5.41, 5.74) is 5.68. The molecule has 146 valence electrons. The van der Waals surface area contributed by atoms with Gasteiger partial charge in [0.05, 0.1) is 24.9 Å². The van der Waals surface area contributed by atoms with Gasteiger partial charge in [-0.05, 0) is 47.2 Å². The third kappa shape index (κ3) is 4.82. The van der Waals surface area contributed by atoms with Crippen molar-refractivity contribution in [2.75, 3.05) is 19.0 Å². The maximum absolute atomic E-state index is 10.1. The average Bonchev–Trinajstić information content (AvgIpc) is 2.68. The molecular formula is C22H28ClNO3. The Morgan fingerprint density at radius 1 is 1.15 bits per heavy atom. The molecule has 3 rings (SSSR count). The SMILES string of the molecule is CCc1cc(Cc2cc(C3CC(O)CC(CO)O3)ccc2Cl)ccc1NC. The summed E-state index contributed by atoms with van der Waals surface area (Å²) in [5.74, 6) is 0. The summed E-state index contributed by atoms with van der Waals surface area (Å²) in [7, 11) is 1.94. The Bertz CT molecular complexity index is 780. The summed E-state index contributed by atoms with van der Waals surface area (Å²) in [6.07, 6.45) is 1.72. The van der Waals surface area contributed by atoms with Gasteiger partial charge in [0.15, 0.2) is 0 Å². The number of halogens is 1. The number of hydrogen-bond donors (Lipinski definition) is 3. The van der Waals surface area contributed by atoms with Crippen LogP contribution in [0, 0.1) is 0 Å². The van der Waals surface area contributed by atoms with Crippen LogP contribution in [0.3, 0.4) is 0 Å². The van der Waals surface area contributed by atoms with Gasteiger partial charge in [0.1, 0.15) is 0 Å². The van der Waals surface area contributed by atoms with E-state index in [2.05, 4.69) is 36.5 Å². The van der Waals surface area contributed by atoms with Gasteiger partial charge < -0.3 is 20.3 Å². The molecule has 27 heavy (non-hydrogen) atoms. The van der Waals surface area contributed by atoms with Crippen molar-refractivity contribution >= 4 is 17.3 Å². The molecule has 3 N–H and O–H groups in total. The summed E-state index contributed by atoms with van der Waals surface area (Å²) >= 11 is 6.46. The van der Waals surface area contributed by atoms with Crippen molar-refractivity contribution in [3.8, 4) is 0 Å². The maximum Gasteiger partial charge on any atom is 0.0854 e. The van der Waals surface area contributed by atoms with E-state index < -0.39 is 6.10 Å². The minimum atomic E-state index is -0.457. The van der Waals surface area contributed by atoms with E-state index in [-0.39, 0.29) is 18.8 Å². The van der Waals surface area contributed by atoms with Gasteiger partial charge in [-0.2, -0.15) is 0 Å². The smallest absolute Gasteiger partial charge is 0.0854 e. The van der Waals surface area contributed by atoms with Crippen molar-refractivity contribution in [2.45, 2.75) is 50.9 Å². The lowest BCUT2D eigenvalue weighted by molar-refractivity contribution is -0.113. The number of rotatable bonds is 6. The lowest BCUT2D eigenvalue weighted by Crippen LogP contribution is -2.33. The van der Waals surface area contributed by atoms with Crippen LogP contribution in [0.5, 0.6) is 0 Å². The summed E-state index contributed by atoms with van der Waals surface area (Å²) < 4.78 is 5.94. The fourth-order valence-corrected chi connectivity index (χ4v) is 3.95. The molecule has 0 radical (unpaired) electrons. The molecule has 0 amide bonds. The Morgan fingerprint density at radius 3 is 2.67 bits per heavy atom. The Balaban J connectivity index is 1.83. The van der Waals surface area contributed by atoms with Crippen LogP contribution in [0.25, 0.3) is 0 Å². The zero-order valence-electron chi connectivity index (χ0n) is 15.9. The first-order valence-electron chi connectivity index (χ1n) is 9.56. The quantitative estimate of drug-likeness (QED) is 0.695. The summed E-state index contributed by atoms with van der Waals surface area (Å²) in [6, 6.07) is 12.4. The number of aliphatic hydroxyl groups excluding tert-OH is 2.